The molecule has 0 aliphatic carbocycles. The third kappa shape index (κ3) is 6.04. The van der Waals surface area contributed by atoms with Gasteiger partial charge in [-0.15, -0.1) is 23.7 Å². The fourth-order valence-corrected chi connectivity index (χ4v) is 6.52. The average molecular weight is 520 g/mol. The van der Waals surface area contributed by atoms with Gasteiger partial charge in [0.2, 0.25) is 5.91 Å². The second kappa shape index (κ2) is 11.1. The summed E-state index contributed by atoms with van der Waals surface area (Å²) in [5.74, 6) is -1.36. The molecule has 1 aromatic heterocycles. The van der Waals surface area contributed by atoms with Crippen molar-refractivity contribution in [3.05, 3.63) is 82.2 Å². The molecule has 0 saturated carbocycles. The van der Waals surface area contributed by atoms with E-state index in [0.717, 1.165) is 23.5 Å². The Balaban J connectivity index is 0.00000324. The largest absolute Gasteiger partial charge is 0.365 e. The standard InChI is InChI=1S/C24H25N3O4S2.ClH/c25-23(29)22-19-11-13-27(15-17-7-3-1-4-8-17)16-20(19)32-24(22)26-21(28)12-14-33(30,31)18-9-5-2-6-10-18;/h1-10H,11-16H2,(H2,25,29)(H,26,28);1H. The van der Waals surface area contributed by atoms with Crippen LogP contribution in [-0.4, -0.2) is 37.4 Å². The Morgan fingerprint density at radius 2 is 1.68 bits per heavy atom. The lowest BCUT2D eigenvalue weighted by Gasteiger charge is -2.27. The minimum absolute atomic E-state index is 0. The van der Waals surface area contributed by atoms with Crippen LogP contribution in [0.25, 0.3) is 0 Å². The van der Waals surface area contributed by atoms with Crippen LogP contribution in [-0.2, 0) is 34.1 Å². The van der Waals surface area contributed by atoms with Crippen LogP contribution in [0.2, 0.25) is 0 Å². The highest BCUT2D eigenvalue weighted by Gasteiger charge is 2.28. The third-order valence-electron chi connectivity index (χ3n) is 5.58. The predicted octanol–water partition coefficient (Wildman–Crippen LogP) is 3.63. The normalized spacial score (nSPS) is 13.5. The number of nitrogens with one attached hydrogen (secondary N) is 1. The average Bonchev–Trinajstić information content (AvgIpc) is 3.16. The summed E-state index contributed by atoms with van der Waals surface area (Å²) >= 11 is 1.34. The zero-order chi connectivity index (χ0) is 23.4. The van der Waals surface area contributed by atoms with E-state index < -0.39 is 21.7 Å². The van der Waals surface area contributed by atoms with Crippen molar-refractivity contribution in [1.29, 1.82) is 0 Å². The molecule has 0 saturated heterocycles. The highest BCUT2D eigenvalue weighted by atomic mass is 35.5. The molecule has 0 unspecified atom stereocenters. The number of carbonyl (C=O) groups is 2. The van der Waals surface area contributed by atoms with Crippen LogP contribution >= 0.6 is 23.7 Å². The number of rotatable bonds is 8. The Hall–Kier alpha value is -2.72. The number of benzene rings is 2. The Labute approximate surface area is 209 Å². The number of hydrogen-bond donors (Lipinski definition) is 2. The number of halogens is 1. The first-order valence-corrected chi connectivity index (χ1v) is 13.1. The summed E-state index contributed by atoms with van der Waals surface area (Å²) in [5.41, 5.74) is 8.07. The smallest absolute Gasteiger partial charge is 0.251 e. The number of fused-ring (bicyclic) bond motifs is 1. The number of thiophene rings is 1. The van der Waals surface area contributed by atoms with Gasteiger partial charge in [-0.2, -0.15) is 0 Å². The van der Waals surface area contributed by atoms with Gasteiger partial charge in [-0.1, -0.05) is 48.5 Å². The second-order valence-corrected chi connectivity index (χ2v) is 11.2. The van der Waals surface area contributed by atoms with E-state index >= 15 is 0 Å². The molecule has 1 aliphatic heterocycles. The molecule has 7 nitrogen and oxygen atoms in total. The summed E-state index contributed by atoms with van der Waals surface area (Å²) in [4.78, 5) is 28.2. The van der Waals surface area contributed by atoms with Crippen molar-refractivity contribution < 1.29 is 18.0 Å². The van der Waals surface area contributed by atoms with E-state index in [1.54, 1.807) is 18.2 Å². The Bertz CT molecular complexity index is 1260. The van der Waals surface area contributed by atoms with E-state index in [0.29, 0.717) is 23.5 Å². The highest BCUT2D eigenvalue weighted by molar-refractivity contribution is 7.91. The number of sulfone groups is 1. The second-order valence-electron chi connectivity index (χ2n) is 7.95. The molecule has 0 bridgehead atoms. The van der Waals surface area contributed by atoms with E-state index in [1.165, 1.54) is 29.0 Å². The Morgan fingerprint density at radius 3 is 2.32 bits per heavy atom. The molecule has 3 N–H and O–H groups in total. The molecule has 10 heteroatoms. The molecular formula is C24H26ClN3O4S2. The number of nitrogens with zero attached hydrogens (tertiary/aromatic N) is 1. The number of hydrogen-bond acceptors (Lipinski definition) is 6. The van der Waals surface area contributed by atoms with E-state index in [2.05, 4.69) is 22.3 Å². The zero-order valence-electron chi connectivity index (χ0n) is 18.4. The first-order chi connectivity index (χ1) is 15.8. The molecule has 3 aromatic rings. The van der Waals surface area contributed by atoms with E-state index in [9.17, 15) is 18.0 Å². The first-order valence-electron chi connectivity index (χ1n) is 10.6. The van der Waals surface area contributed by atoms with Gasteiger partial charge in [0, 0.05) is 30.9 Å². The van der Waals surface area contributed by atoms with Crippen LogP contribution in [0.3, 0.4) is 0 Å². The van der Waals surface area contributed by atoms with Gasteiger partial charge in [0.05, 0.1) is 16.2 Å². The van der Waals surface area contributed by atoms with Gasteiger partial charge in [-0.05, 0) is 29.7 Å². The van der Waals surface area contributed by atoms with Crippen molar-refractivity contribution in [3.63, 3.8) is 0 Å². The van der Waals surface area contributed by atoms with Gasteiger partial charge < -0.3 is 11.1 Å². The first kappa shape index (κ1) is 25.9. The number of amides is 2. The summed E-state index contributed by atoms with van der Waals surface area (Å²) in [6.45, 7) is 2.23. The fourth-order valence-electron chi connectivity index (χ4n) is 3.94. The van der Waals surface area contributed by atoms with Gasteiger partial charge in [-0.25, -0.2) is 8.42 Å². The predicted molar refractivity (Wildman–Crippen MR) is 136 cm³/mol. The van der Waals surface area contributed by atoms with Crippen molar-refractivity contribution in [2.24, 2.45) is 5.73 Å². The highest BCUT2D eigenvalue weighted by Crippen LogP contribution is 2.37. The van der Waals surface area contributed by atoms with E-state index in [1.807, 2.05) is 18.2 Å². The monoisotopic (exact) mass is 519 g/mol. The maximum absolute atomic E-state index is 12.6. The topological polar surface area (TPSA) is 110 Å². The number of anilines is 1. The zero-order valence-corrected chi connectivity index (χ0v) is 20.8. The molecule has 0 radical (unpaired) electrons. The van der Waals surface area contributed by atoms with Gasteiger partial charge in [0.15, 0.2) is 9.84 Å². The lowest BCUT2D eigenvalue weighted by molar-refractivity contribution is -0.115. The molecule has 4 rings (SSSR count). The lowest BCUT2D eigenvalue weighted by atomic mass is 10.0. The van der Waals surface area contributed by atoms with Crippen molar-refractivity contribution >= 4 is 50.4 Å². The van der Waals surface area contributed by atoms with Crippen molar-refractivity contribution in [3.8, 4) is 0 Å². The van der Waals surface area contributed by atoms with Gasteiger partial charge >= 0.3 is 0 Å². The Morgan fingerprint density at radius 1 is 1.03 bits per heavy atom. The molecule has 2 heterocycles. The van der Waals surface area contributed by atoms with Crippen LogP contribution in [0.1, 0.15) is 32.8 Å². The summed E-state index contributed by atoms with van der Waals surface area (Å²) < 4.78 is 24.9. The van der Waals surface area contributed by atoms with Crippen LogP contribution in [0.5, 0.6) is 0 Å². The van der Waals surface area contributed by atoms with Crippen LogP contribution in [0, 0.1) is 0 Å². The summed E-state index contributed by atoms with van der Waals surface area (Å²) in [5, 5.41) is 3.13. The number of nitrogens with two attached hydrogens (primary N) is 1. The van der Waals surface area contributed by atoms with Gasteiger partial charge in [0.1, 0.15) is 5.00 Å². The number of carbonyl (C=O) groups excluding carboxylic acids is 2. The minimum atomic E-state index is -3.57. The maximum Gasteiger partial charge on any atom is 0.251 e. The minimum Gasteiger partial charge on any atom is -0.365 e. The molecule has 2 amide bonds. The Kier molecular flexibility index (Phi) is 8.48. The molecule has 0 spiro atoms. The summed E-state index contributed by atoms with van der Waals surface area (Å²) in [6.07, 6.45) is 0.452. The van der Waals surface area contributed by atoms with Gasteiger partial charge in [0.25, 0.3) is 5.91 Å². The quantitative estimate of drug-likeness (QED) is 0.472. The lowest BCUT2D eigenvalue weighted by Crippen LogP contribution is -2.30. The molecule has 0 fully saturated rings. The van der Waals surface area contributed by atoms with Crippen molar-refractivity contribution in [2.45, 2.75) is 30.8 Å². The van der Waals surface area contributed by atoms with E-state index in [-0.39, 0.29) is 29.5 Å². The van der Waals surface area contributed by atoms with Crippen LogP contribution in [0.4, 0.5) is 5.00 Å². The summed E-state index contributed by atoms with van der Waals surface area (Å²) in [7, 11) is -3.57. The molecule has 2 aromatic carbocycles. The molecular weight excluding hydrogens is 494 g/mol. The van der Waals surface area contributed by atoms with Crippen molar-refractivity contribution in [2.75, 3.05) is 17.6 Å². The molecule has 180 valence electrons. The van der Waals surface area contributed by atoms with Gasteiger partial charge in [-0.3, -0.25) is 14.5 Å². The molecule has 1 aliphatic rings. The maximum atomic E-state index is 12.6. The molecule has 34 heavy (non-hydrogen) atoms. The fraction of sp³-hybridized carbons (Fsp3) is 0.250. The summed E-state index contributed by atoms with van der Waals surface area (Å²) in [6, 6.07) is 18.2. The SMILES string of the molecule is Cl.NC(=O)c1c(NC(=O)CCS(=O)(=O)c2ccccc2)sc2c1CCN(Cc1ccccc1)C2. The number of primary amides is 1. The molecule has 0 atom stereocenters. The van der Waals surface area contributed by atoms with Crippen LogP contribution in [0.15, 0.2) is 65.6 Å². The van der Waals surface area contributed by atoms with Crippen LogP contribution < -0.4 is 11.1 Å². The third-order valence-corrected chi connectivity index (χ3v) is 8.45. The van der Waals surface area contributed by atoms with E-state index in [4.69, 9.17) is 5.73 Å². The van der Waals surface area contributed by atoms with Crippen molar-refractivity contribution in [1.82, 2.24) is 4.90 Å².